The second-order valence-corrected chi connectivity index (χ2v) is 8.27. The van der Waals surface area contributed by atoms with Gasteiger partial charge in [-0.05, 0) is 6.07 Å². The largest absolute Gasteiger partial charge is 0.394 e. The minimum atomic E-state index is -1.47. The second-order valence-electron chi connectivity index (χ2n) is 6.87. The first kappa shape index (κ1) is 21.6. The zero-order chi connectivity index (χ0) is 22.2. The predicted octanol–water partition coefficient (Wildman–Crippen LogP) is 0.0170. The van der Waals surface area contributed by atoms with Crippen LogP contribution in [0.3, 0.4) is 0 Å². The van der Waals surface area contributed by atoms with Crippen molar-refractivity contribution >= 4 is 29.1 Å². The van der Waals surface area contributed by atoms with E-state index in [4.69, 9.17) is 15.2 Å². The number of rotatable bonds is 5. The molecule has 0 amide bonds. The second kappa shape index (κ2) is 8.50. The number of nitrogens with zero attached hydrogens (tertiary/aromatic N) is 6. The van der Waals surface area contributed by atoms with Gasteiger partial charge in [0, 0.05) is 30.4 Å². The highest BCUT2D eigenvalue weighted by atomic mass is 32.1. The molecule has 1 unspecified atom stereocenters. The van der Waals surface area contributed by atoms with Gasteiger partial charge in [0.25, 0.3) is 0 Å². The molecule has 0 bridgehead atoms. The van der Waals surface area contributed by atoms with Crippen LogP contribution in [-0.2, 0) is 15.0 Å². The number of hydrogen-bond donors (Lipinski definition) is 4. The number of nitriles is 1. The summed E-state index contributed by atoms with van der Waals surface area (Å²) in [5, 5.41) is 41.2. The molecular weight excluding hydrogens is 442 g/mol. The van der Waals surface area contributed by atoms with E-state index in [1.165, 1.54) is 35.5 Å². The van der Waals surface area contributed by atoms with Crippen molar-refractivity contribution in [2.75, 3.05) is 19.5 Å². The Labute approximate surface area is 186 Å². The molecule has 4 rings (SSSR count). The molecule has 0 radical (unpaired) electrons. The zero-order valence-corrected chi connectivity index (χ0v) is 17.9. The Hall–Kier alpha value is -2.60. The Morgan fingerprint density at radius 1 is 1.45 bits per heavy atom. The molecule has 31 heavy (non-hydrogen) atoms. The lowest BCUT2D eigenvalue weighted by molar-refractivity contribution is -0.213. The Morgan fingerprint density at radius 2 is 2.26 bits per heavy atom. The van der Waals surface area contributed by atoms with Crippen LogP contribution in [0.2, 0.25) is 0 Å². The summed E-state index contributed by atoms with van der Waals surface area (Å²) >= 11 is 5.75. The maximum Gasteiger partial charge on any atom is 0.180 e. The lowest BCUT2D eigenvalue weighted by Crippen LogP contribution is -2.67. The minimum Gasteiger partial charge on any atom is -0.394 e. The van der Waals surface area contributed by atoms with Gasteiger partial charge >= 0.3 is 0 Å². The minimum absolute atomic E-state index is 0.272. The summed E-state index contributed by atoms with van der Waals surface area (Å²) < 4.78 is 12.8. The van der Waals surface area contributed by atoms with Gasteiger partial charge < -0.3 is 25.4 Å². The van der Waals surface area contributed by atoms with Gasteiger partial charge in [0.2, 0.25) is 0 Å². The molecule has 13 heteroatoms. The summed E-state index contributed by atoms with van der Waals surface area (Å²) in [5.41, 5.74) is 5.04. The maximum atomic E-state index is 11.4. The van der Waals surface area contributed by atoms with Crippen LogP contribution in [-0.4, -0.2) is 72.6 Å². The number of thiazole rings is 1. The topological polar surface area (TPSA) is 165 Å². The van der Waals surface area contributed by atoms with Gasteiger partial charge in [0.05, 0.1) is 18.4 Å². The fourth-order valence-corrected chi connectivity index (χ4v) is 4.92. The van der Waals surface area contributed by atoms with E-state index in [2.05, 4.69) is 32.9 Å². The first-order valence-corrected chi connectivity index (χ1v) is 10.5. The van der Waals surface area contributed by atoms with Gasteiger partial charge in [-0.1, -0.05) is 5.21 Å². The van der Waals surface area contributed by atoms with Crippen molar-refractivity contribution in [2.24, 2.45) is 0 Å². The van der Waals surface area contributed by atoms with E-state index in [9.17, 15) is 15.5 Å². The fraction of sp³-hybridized carbons (Fsp3) is 0.389. The van der Waals surface area contributed by atoms with Gasteiger partial charge in [-0.15, -0.1) is 29.1 Å². The van der Waals surface area contributed by atoms with Crippen molar-refractivity contribution in [3.05, 3.63) is 41.2 Å². The number of aliphatic hydroxyl groups excluding tert-OH is 2. The number of anilines is 1. The Morgan fingerprint density at radius 3 is 2.90 bits per heavy atom. The molecule has 0 saturated carbocycles. The third kappa shape index (κ3) is 3.47. The highest BCUT2D eigenvalue weighted by Crippen LogP contribution is 2.44. The molecule has 3 aromatic heterocycles. The molecule has 5 atom stereocenters. The maximum absolute atomic E-state index is 11.4. The smallest absolute Gasteiger partial charge is 0.180 e. The fourth-order valence-electron chi connectivity index (χ4n) is 3.85. The number of nitrogen functional groups attached to an aromatic ring is 1. The van der Waals surface area contributed by atoms with Crippen LogP contribution in [0, 0.1) is 11.3 Å². The zero-order valence-electron chi connectivity index (χ0n) is 16.2. The number of methoxy groups -OCH3 is 1. The van der Waals surface area contributed by atoms with Crippen LogP contribution < -0.4 is 5.73 Å². The average Bonchev–Trinajstić information content (AvgIpc) is 3.44. The number of thiol groups is 1. The van der Waals surface area contributed by atoms with Gasteiger partial charge in [-0.3, -0.25) is 4.98 Å². The number of nitrogens with two attached hydrogens (primary N) is 1. The van der Waals surface area contributed by atoms with E-state index in [1.807, 2.05) is 6.07 Å². The van der Waals surface area contributed by atoms with Crippen LogP contribution in [0.15, 0.2) is 30.0 Å². The number of hydrogen-bond acceptors (Lipinski definition) is 12. The molecular formula is C18H19N7O4S2. The molecule has 1 saturated heterocycles. The molecule has 1 aliphatic heterocycles. The molecule has 4 N–H and O–H groups in total. The molecule has 1 fully saturated rings. The van der Waals surface area contributed by atoms with Crippen LogP contribution >= 0.6 is 24.0 Å². The van der Waals surface area contributed by atoms with Crippen molar-refractivity contribution in [1.29, 1.82) is 5.26 Å². The SMILES string of the molecule is CO[C@H]1[C@@H](S)O[C@H](CO)[C@H](O)C1(c1cncc(C#N)c1)n1cc(-c2csc(N)n2)nn1. The highest BCUT2D eigenvalue weighted by molar-refractivity contribution is 7.80. The molecule has 0 aromatic carbocycles. The van der Waals surface area contributed by atoms with Crippen molar-refractivity contribution in [3.63, 3.8) is 0 Å². The lowest BCUT2D eigenvalue weighted by atomic mass is 9.76. The molecule has 3 aromatic rings. The molecule has 1 aliphatic rings. The van der Waals surface area contributed by atoms with Crippen molar-refractivity contribution in [2.45, 2.75) is 29.3 Å². The van der Waals surface area contributed by atoms with Crippen LogP contribution in [0.4, 0.5) is 5.13 Å². The summed E-state index contributed by atoms with van der Waals surface area (Å²) in [7, 11) is 1.44. The summed E-state index contributed by atoms with van der Waals surface area (Å²) in [4.78, 5) is 8.36. The Bertz CT molecular complexity index is 1120. The third-order valence-electron chi connectivity index (χ3n) is 5.23. The van der Waals surface area contributed by atoms with E-state index < -0.39 is 35.9 Å². The van der Waals surface area contributed by atoms with Crippen molar-refractivity contribution < 1.29 is 19.7 Å². The van der Waals surface area contributed by atoms with Crippen LogP contribution in [0.1, 0.15) is 11.1 Å². The normalized spacial score (nSPS) is 28.4. The van der Waals surface area contributed by atoms with E-state index >= 15 is 0 Å². The lowest BCUT2D eigenvalue weighted by Gasteiger charge is -2.51. The monoisotopic (exact) mass is 461 g/mol. The Balaban J connectivity index is 1.97. The molecule has 11 nitrogen and oxygen atoms in total. The number of pyridine rings is 1. The van der Waals surface area contributed by atoms with Gasteiger partial charge in [0.1, 0.15) is 46.7 Å². The van der Waals surface area contributed by atoms with E-state index in [1.54, 1.807) is 17.6 Å². The van der Waals surface area contributed by atoms with Gasteiger partial charge in [-0.25, -0.2) is 9.67 Å². The number of ether oxygens (including phenoxy) is 2. The number of aromatic nitrogens is 5. The van der Waals surface area contributed by atoms with E-state index in [0.717, 1.165) is 0 Å². The molecule has 4 heterocycles. The molecule has 0 spiro atoms. The summed E-state index contributed by atoms with van der Waals surface area (Å²) in [5.74, 6) is 0. The van der Waals surface area contributed by atoms with Crippen molar-refractivity contribution in [1.82, 2.24) is 25.0 Å². The van der Waals surface area contributed by atoms with Crippen LogP contribution in [0.25, 0.3) is 11.4 Å². The predicted molar refractivity (Wildman–Crippen MR) is 113 cm³/mol. The molecule has 0 aliphatic carbocycles. The van der Waals surface area contributed by atoms with Gasteiger partial charge in [-0.2, -0.15) is 5.26 Å². The standard InChI is InChI=1S/C18H19N7O4S2/c1-28-15-16(30)29-13(7-26)14(27)18(15,10-2-9(3-19)4-21-5-10)25-6-11(23-24-25)12-8-31-17(20)22-12/h2,4-6,8,13-16,26-27,30H,7H2,1H3,(H2,20,22)/t13-,14+,15+,16-,18?/m1/s1. The Kier molecular flexibility index (Phi) is 5.93. The van der Waals surface area contributed by atoms with Crippen LogP contribution in [0.5, 0.6) is 0 Å². The van der Waals surface area contributed by atoms with E-state index in [0.29, 0.717) is 22.1 Å². The van der Waals surface area contributed by atoms with Crippen molar-refractivity contribution in [3.8, 4) is 17.5 Å². The highest BCUT2D eigenvalue weighted by Gasteiger charge is 2.59. The number of aliphatic hydroxyl groups is 2. The van der Waals surface area contributed by atoms with Gasteiger partial charge in [0.15, 0.2) is 5.13 Å². The first-order chi connectivity index (χ1) is 14.9. The molecule has 162 valence electrons. The summed E-state index contributed by atoms with van der Waals surface area (Å²) in [6.07, 6.45) is 1.23. The van der Waals surface area contributed by atoms with E-state index in [-0.39, 0.29) is 5.56 Å². The summed E-state index contributed by atoms with van der Waals surface area (Å²) in [6.45, 7) is -0.480. The quantitative estimate of drug-likeness (QED) is 0.380. The average molecular weight is 462 g/mol. The third-order valence-corrected chi connectivity index (χ3v) is 6.30. The summed E-state index contributed by atoms with van der Waals surface area (Å²) in [6, 6.07) is 3.61. The first-order valence-electron chi connectivity index (χ1n) is 9.10.